The first-order chi connectivity index (χ1) is 9.42. The van der Waals surface area contributed by atoms with E-state index >= 15 is 0 Å². The van der Waals surface area contributed by atoms with E-state index in [0.717, 1.165) is 12.0 Å². The first kappa shape index (κ1) is 14.4. The van der Waals surface area contributed by atoms with E-state index in [2.05, 4.69) is 20.1 Å². The normalized spacial score (nSPS) is 13.2. The Morgan fingerprint density at radius 3 is 2.80 bits per heavy atom. The van der Waals surface area contributed by atoms with Crippen molar-refractivity contribution in [1.29, 1.82) is 0 Å². The summed E-state index contributed by atoms with van der Waals surface area (Å²) < 4.78 is 26.7. The number of nitrogens with zero attached hydrogens (tertiary/aromatic N) is 4. The molecule has 2 aromatic rings. The summed E-state index contributed by atoms with van der Waals surface area (Å²) in [5.74, 6) is -0.0716. The van der Waals surface area contributed by atoms with E-state index in [1.54, 1.807) is 25.2 Å². The number of aryl methyl sites for hydroxylation is 1. The van der Waals surface area contributed by atoms with E-state index in [9.17, 15) is 8.42 Å². The number of anilines is 1. The van der Waals surface area contributed by atoms with Gasteiger partial charge in [-0.05, 0) is 29.3 Å². The van der Waals surface area contributed by atoms with Crippen LogP contribution in [-0.2, 0) is 17.1 Å². The molecule has 0 saturated heterocycles. The zero-order valence-electron chi connectivity index (χ0n) is 11.2. The van der Waals surface area contributed by atoms with Crippen molar-refractivity contribution < 1.29 is 8.42 Å². The second-order valence-corrected chi connectivity index (χ2v) is 5.98. The van der Waals surface area contributed by atoms with Crippen molar-refractivity contribution in [2.45, 2.75) is 24.3 Å². The molecule has 8 nitrogen and oxygen atoms in total. The molecule has 9 heteroatoms. The fourth-order valence-electron chi connectivity index (χ4n) is 1.65. The third-order valence-corrected chi connectivity index (χ3v) is 4.10. The molecule has 0 aliphatic carbocycles. The second-order valence-electron chi connectivity index (χ2n) is 4.30. The smallest absolute Gasteiger partial charge is 0.277 e. The van der Waals surface area contributed by atoms with Gasteiger partial charge in [0.25, 0.3) is 16.0 Å². The average molecular weight is 296 g/mol. The van der Waals surface area contributed by atoms with Crippen molar-refractivity contribution in [2.75, 3.05) is 4.72 Å². The molecule has 1 aromatic carbocycles. The lowest BCUT2D eigenvalue weighted by atomic mass is 10.1. The molecule has 0 aliphatic heterocycles. The van der Waals surface area contributed by atoms with Crippen molar-refractivity contribution in [3.8, 4) is 0 Å². The first-order valence-corrected chi connectivity index (χ1v) is 7.53. The summed E-state index contributed by atoms with van der Waals surface area (Å²) in [7, 11) is -2.20. The first-order valence-electron chi connectivity index (χ1n) is 6.04. The monoisotopic (exact) mass is 296 g/mol. The number of sulfonamides is 1. The third kappa shape index (κ3) is 3.11. The van der Waals surface area contributed by atoms with Gasteiger partial charge in [-0.25, -0.2) is 13.1 Å². The molecule has 0 amide bonds. The van der Waals surface area contributed by atoms with Gasteiger partial charge >= 0.3 is 0 Å². The van der Waals surface area contributed by atoms with Crippen LogP contribution in [0.15, 0.2) is 29.2 Å². The van der Waals surface area contributed by atoms with Crippen molar-refractivity contribution >= 4 is 16.0 Å². The molecule has 1 aromatic heterocycles. The van der Waals surface area contributed by atoms with E-state index in [1.807, 2.05) is 6.92 Å². The Morgan fingerprint density at radius 1 is 1.45 bits per heavy atom. The molecule has 0 spiro atoms. The van der Waals surface area contributed by atoms with Crippen LogP contribution in [0, 0.1) is 0 Å². The molecule has 0 fully saturated rings. The number of rotatable bonds is 5. The lowest BCUT2D eigenvalue weighted by molar-refractivity contribution is 0.600. The summed E-state index contributed by atoms with van der Waals surface area (Å²) in [6.45, 7) is 1.94. The highest BCUT2D eigenvalue weighted by atomic mass is 32.2. The van der Waals surface area contributed by atoms with Gasteiger partial charge in [0.1, 0.15) is 0 Å². The second kappa shape index (κ2) is 5.55. The maximum Gasteiger partial charge on any atom is 0.277 e. The lowest BCUT2D eigenvalue weighted by Crippen LogP contribution is -2.15. The Balaban J connectivity index is 2.29. The third-order valence-electron chi connectivity index (χ3n) is 2.77. The molecule has 108 valence electrons. The van der Waals surface area contributed by atoms with Gasteiger partial charge in [0.05, 0.1) is 11.9 Å². The van der Waals surface area contributed by atoms with E-state index in [0.29, 0.717) is 0 Å². The maximum atomic E-state index is 12.2. The van der Waals surface area contributed by atoms with Crippen molar-refractivity contribution in [3.63, 3.8) is 0 Å². The van der Waals surface area contributed by atoms with Crippen molar-refractivity contribution in [2.24, 2.45) is 12.8 Å². The zero-order chi connectivity index (χ0) is 14.8. The van der Waals surface area contributed by atoms with Gasteiger partial charge in [-0.1, -0.05) is 24.2 Å². The summed E-state index contributed by atoms with van der Waals surface area (Å²) in [6, 6.07) is 6.30. The standard InChI is InChI=1S/C11H16N6O2S/c1-3-10(12)8-5-4-6-9(7-8)20(18,19)15-11-13-16-17(2)14-11/h4-7,10H,3,12H2,1-2H3,(H,14,15). The highest BCUT2D eigenvalue weighted by molar-refractivity contribution is 7.92. The van der Waals surface area contributed by atoms with Crippen LogP contribution < -0.4 is 10.5 Å². The Hall–Kier alpha value is -2.00. The van der Waals surface area contributed by atoms with Crippen LogP contribution in [-0.4, -0.2) is 28.6 Å². The maximum absolute atomic E-state index is 12.2. The van der Waals surface area contributed by atoms with Gasteiger partial charge in [-0.3, -0.25) is 0 Å². The fraction of sp³-hybridized carbons (Fsp3) is 0.364. The number of hydrogen-bond donors (Lipinski definition) is 2. The summed E-state index contributed by atoms with van der Waals surface area (Å²) in [5.41, 5.74) is 6.68. The van der Waals surface area contributed by atoms with E-state index in [4.69, 9.17) is 5.73 Å². The van der Waals surface area contributed by atoms with E-state index in [1.165, 1.54) is 10.9 Å². The lowest BCUT2D eigenvalue weighted by Gasteiger charge is -2.11. The number of aromatic nitrogens is 4. The summed E-state index contributed by atoms with van der Waals surface area (Å²) in [6.07, 6.45) is 0.725. The molecule has 0 aliphatic rings. The minimum Gasteiger partial charge on any atom is -0.324 e. The number of nitrogens with one attached hydrogen (secondary N) is 1. The molecule has 20 heavy (non-hydrogen) atoms. The Morgan fingerprint density at radius 2 is 2.20 bits per heavy atom. The van der Waals surface area contributed by atoms with Gasteiger partial charge < -0.3 is 5.73 Å². The molecular weight excluding hydrogens is 280 g/mol. The van der Waals surface area contributed by atoms with Gasteiger partial charge in [-0.15, -0.1) is 5.10 Å². The topological polar surface area (TPSA) is 116 Å². The van der Waals surface area contributed by atoms with Gasteiger partial charge in [0, 0.05) is 6.04 Å². The largest absolute Gasteiger partial charge is 0.324 e. The van der Waals surface area contributed by atoms with Crippen LogP contribution in [0.2, 0.25) is 0 Å². The Kier molecular flexibility index (Phi) is 4.00. The highest BCUT2D eigenvalue weighted by Crippen LogP contribution is 2.19. The fourth-order valence-corrected chi connectivity index (χ4v) is 2.64. The number of tetrazole rings is 1. The predicted molar refractivity (Wildman–Crippen MR) is 73.3 cm³/mol. The summed E-state index contributed by atoms with van der Waals surface area (Å²) in [5, 5.41) is 10.9. The van der Waals surface area contributed by atoms with Crippen LogP contribution in [0.4, 0.5) is 5.95 Å². The minimum atomic E-state index is -3.75. The SMILES string of the molecule is CCC(N)c1cccc(S(=O)(=O)Nc2nnn(C)n2)c1. The molecule has 1 unspecified atom stereocenters. The summed E-state index contributed by atoms with van der Waals surface area (Å²) in [4.78, 5) is 1.28. The predicted octanol–water partition coefficient (Wildman–Crippen LogP) is 0.421. The minimum absolute atomic E-state index is 0.0716. The van der Waals surface area contributed by atoms with Crippen LogP contribution in [0.25, 0.3) is 0 Å². The molecule has 0 saturated carbocycles. The quantitative estimate of drug-likeness (QED) is 0.826. The van der Waals surface area contributed by atoms with Gasteiger partial charge in [-0.2, -0.15) is 4.80 Å². The molecule has 1 atom stereocenters. The molecule has 3 N–H and O–H groups in total. The molecule has 1 heterocycles. The molecule has 2 rings (SSSR count). The number of nitrogens with two attached hydrogens (primary N) is 1. The highest BCUT2D eigenvalue weighted by Gasteiger charge is 2.18. The van der Waals surface area contributed by atoms with E-state index in [-0.39, 0.29) is 16.9 Å². The molecule has 0 bridgehead atoms. The van der Waals surface area contributed by atoms with Crippen molar-refractivity contribution in [3.05, 3.63) is 29.8 Å². The average Bonchev–Trinajstić information content (AvgIpc) is 2.82. The van der Waals surface area contributed by atoms with Gasteiger partial charge in [0.2, 0.25) is 0 Å². The van der Waals surface area contributed by atoms with Crippen LogP contribution in [0.3, 0.4) is 0 Å². The zero-order valence-corrected chi connectivity index (χ0v) is 12.0. The van der Waals surface area contributed by atoms with Crippen LogP contribution >= 0.6 is 0 Å². The molecule has 0 radical (unpaired) electrons. The summed E-state index contributed by atoms with van der Waals surface area (Å²) >= 11 is 0. The van der Waals surface area contributed by atoms with Crippen LogP contribution in [0.1, 0.15) is 24.9 Å². The van der Waals surface area contributed by atoms with Gasteiger partial charge in [0.15, 0.2) is 0 Å². The molecular formula is C11H16N6O2S. The Labute approximate surface area is 117 Å². The number of benzene rings is 1. The van der Waals surface area contributed by atoms with Crippen molar-refractivity contribution in [1.82, 2.24) is 20.2 Å². The Bertz CT molecular complexity index is 696. The van der Waals surface area contributed by atoms with Crippen LogP contribution in [0.5, 0.6) is 0 Å². The number of hydrogen-bond acceptors (Lipinski definition) is 6. The van der Waals surface area contributed by atoms with E-state index < -0.39 is 10.0 Å².